The number of benzene rings is 4. The zero-order chi connectivity index (χ0) is 20.6. The molecule has 0 saturated carbocycles. The summed E-state index contributed by atoms with van der Waals surface area (Å²) in [5.74, 6) is 0. The van der Waals surface area contributed by atoms with Gasteiger partial charge in [0.15, 0.2) is 0 Å². The maximum atomic E-state index is 3.06. The van der Waals surface area contributed by atoms with Gasteiger partial charge in [-0.3, -0.25) is 0 Å². The zero-order valence-corrected chi connectivity index (χ0v) is 16.9. The van der Waals surface area contributed by atoms with Crippen LogP contribution in [0.3, 0.4) is 0 Å². The van der Waals surface area contributed by atoms with Gasteiger partial charge >= 0.3 is 0 Å². The fraction of sp³-hybridized carbons (Fsp3) is 0. The summed E-state index contributed by atoms with van der Waals surface area (Å²) in [5, 5.41) is 2.52. The third kappa shape index (κ3) is 2.98. The first-order valence-corrected chi connectivity index (χ1v) is 10.5. The minimum atomic E-state index is 1.16. The van der Waals surface area contributed by atoms with Crippen LogP contribution in [0, 0.1) is 12.1 Å². The number of hydrogen-bond acceptors (Lipinski definition) is 0. The average Bonchev–Trinajstić information content (AvgIpc) is 3.19. The molecule has 0 amide bonds. The number of aromatic nitrogens is 1. The highest BCUT2D eigenvalue weighted by molar-refractivity contribution is 6.10. The SMILES string of the molecule is c1ccc(-c2ccc3c(c2)c2ccccc2n3-c2ccc(-c3ccccc3)cc2)cc#1. The van der Waals surface area contributed by atoms with E-state index in [1.807, 2.05) is 12.1 Å². The second kappa shape index (κ2) is 7.20. The van der Waals surface area contributed by atoms with Gasteiger partial charge in [-0.05, 0) is 70.8 Å². The van der Waals surface area contributed by atoms with Crippen molar-refractivity contribution in [3.05, 3.63) is 127 Å². The Morgan fingerprint density at radius 2 is 1.19 bits per heavy atom. The Hall–Kier alpha value is -4.28. The maximum Gasteiger partial charge on any atom is 0.0541 e. The Morgan fingerprint density at radius 3 is 2.00 bits per heavy atom. The first kappa shape index (κ1) is 17.6. The van der Waals surface area contributed by atoms with E-state index in [1.54, 1.807) is 0 Å². The first-order chi connectivity index (χ1) is 15.4. The summed E-state index contributed by atoms with van der Waals surface area (Å²) in [7, 11) is 0. The second-order valence-electron chi connectivity index (χ2n) is 7.72. The first-order valence-electron chi connectivity index (χ1n) is 10.5. The van der Waals surface area contributed by atoms with E-state index in [4.69, 9.17) is 0 Å². The zero-order valence-electron chi connectivity index (χ0n) is 16.9. The monoisotopic (exact) mass is 393 g/mol. The van der Waals surface area contributed by atoms with Gasteiger partial charge in [0.05, 0.1) is 11.0 Å². The van der Waals surface area contributed by atoms with E-state index < -0.39 is 0 Å². The van der Waals surface area contributed by atoms with Crippen molar-refractivity contribution in [1.82, 2.24) is 4.57 Å². The van der Waals surface area contributed by atoms with E-state index in [0.29, 0.717) is 0 Å². The van der Waals surface area contributed by atoms with Gasteiger partial charge in [-0.15, -0.1) is 0 Å². The van der Waals surface area contributed by atoms with Gasteiger partial charge < -0.3 is 4.57 Å². The second-order valence-corrected chi connectivity index (χ2v) is 7.72. The lowest BCUT2D eigenvalue weighted by molar-refractivity contribution is 1.18. The molecule has 0 aliphatic rings. The Balaban J connectivity index is 1.54. The van der Waals surface area contributed by atoms with Crippen molar-refractivity contribution in [2.24, 2.45) is 0 Å². The molecule has 0 radical (unpaired) electrons. The molecule has 1 aromatic heterocycles. The predicted octanol–water partition coefficient (Wildman–Crippen LogP) is 7.72. The van der Waals surface area contributed by atoms with Gasteiger partial charge in [0.2, 0.25) is 0 Å². The van der Waals surface area contributed by atoms with E-state index >= 15 is 0 Å². The fourth-order valence-electron chi connectivity index (χ4n) is 4.39. The molecule has 0 aliphatic heterocycles. The minimum Gasteiger partial charge on any atom is -0.309 e. The summed E-state index contributed by atoms with van der Waals surface area (Å²) in [6.07, 6.45) is 0. The highest BCUT2D eigenvalue weighted by Crippen LogP contribution is 2.35. The van der Waals surface area contributed by atoms with Crippen LogP contribution in [0.4, 0.5) is 0 Å². The molecule has 6 aromatic rings. The van der Waals surface area contributed by atoms with Crippen molar-refractivity contribution in [2.75, 3.05) is 0 Å². The normalized spacial score (nSPS) is 11.0. The van der Waals surface area contributed by atoms with Crippen LogP contribution in [-0.2, 0) is 0 Å². The fourth-order valence-corrected chi connectivity index (χ4v) is 4.39. The summed E-state index contributed by atoms with van der Waals surface area (Å²) < 4.78 is 2.36. The molecule has 5 aromatic carbocycles. The third-order valence-electron chi connectivity index (χ3n) is 5.90. The molecule has 0 saturated heterocycles. The van der Waals surface area contributed by atoms with Crippen LogP contribution < -0.4 is 0 Å². The molecular weight excluding hydrogens is 374 g/mol. The number of fused-ring (bicyclic) bond motifs is 3. The molecular formula is C30H19N. The lowest BCUT2D eigenvalue weighted by Gasteiger charge is -2.10. The molecule has 6 rings (SSSR count). The number of hydrogen-bond donors (Lipinski definition) is 0. The molecule has 0 atom stereocenters. The smallest absolute Gasteiger partial charge is 0.0541 e. The van der Waals surface area contributed by atoms with Gasteiger partial charge in [-0.2, -0.15) is 0 Å². The van der Waals surface area contributed by atoms with E-state index in [0.717, 1.165) is 5.56 Å². The molecule has 31 heavy (non-hydrogen) atoms. The van der Waals surface area contributed by atoms with Crippen molar-refractivity contribution in [1.29, 1.82) is 0 Å². The standard InChI is InChI=1S/C30H19N/c1-3-9-22(10-4-1)24-15-18-26(19-16-24)31-29-14-8-7-13-27(29)28-21-25(17-20-30(28)31)23-11-5-2-6-12-23/h1,3-5,7-21H. The molecule has 1 heteroatoms. The lowest BCUT2D eigenvalue weighted by Crippen LogP contribution is -1.93. The predicted molar refractivity (Wildman–Crippen MR) is 129 cm³/mol. The maximum absolute atomic E-state index is 3.06. The van der Waals surface area contributed by atoms with E-state index in [2.05, 4.69) is 120 Å². The van der Waals surface area contributed by atoms with Crippen molar-refractivity contribution < 1.29 is 0 Å². The van der Waals surface area contributed by atoms with Gasteiger partial charge in [0.1, 0.15) is 0 Å². The lowest BCUT2D eigenvalue weighted by atomic mass is 10.0. The largest absolute Gasteiger partial charge is 0.309 e. The van der Waals surface area contributed by atoms with Crippen molar-refractivity contribution >= 4 is 21.8 Å². The van der Waals surface area contributed by atoms with Gasteiger partial charge in [0.25, 0.3) is 0 Å². The van der Waals surface area contributed by atoms with E-state index in [1.165, 1.54) is 44.2 Å². The summed E-state index contributed by atoms with van der Waals surface area (Å²) in [6, 6.07) is 46.7. The molecule has 144 valence electrons. The van der Waals surface area contributed by atoms with Crippen LogP contribution in [0.2, 0.25) is 0 Å². The van der Waals surface area contributed by atoms with Gasteiger partial charge in [0, 0.05) is 16.5 Å². The van der Waals surface area contributed by atoms with Crippen molar-refractivity contribution in [3.63, 3.8) is 0 Å². The molecule has 1 heterocycles. The Labute approximate surface area is 181 Å². The molecule has 0 aliphatic carbocycles. The number of rotatable bonds is 3. The summed E-state index contributed by atoms with van der Waals surface area (Å²) in [6.45, 7) is 0. The molecule has 0 bridgehead atoms. The molecule has 0 N–H and O–H groups in total. The van der Waals surface area contributed by atoms with E-state index in [-0.39, 0.29) is 0 Å². The van der Waals surface area contributed by atoms with Crippen LogP contribution in [0.1, 0.15) is 0 Å². The molecule has 0 unspecified atom stereocenters. The summed E-state index contributed by atoms with van der Waals surface area (Å²) in [5.41, 5.74) is 8.41. The minimum absolute atomic E-state index is 1.16. The molecule has 0 fully saturated rings. The highest BCUT2D eigenvalue weighted by atomic mass is 15.0. The van der Waals surface area contributed by atoms with Crippen LogP contribution in [0.5, 0.6) is 0 Å². The van der Waals surface area contributed by atoms with Crippen molar-refractivity contribution in [3.8, 4) is 27.9 Å². The Bertz CT molecular complexity index is 1490. The van der Waals surface area contributed by atoms with Crippen molar-refractivity contribution in [2.45, 2.75) is 0 Å². The number of nitrogens with zero attached hydrogens (tertiary/aromatic N) is 1. The molecule has 1 nitrogen and oxygen atoms in total. The van der Waals surface area contributed by atoms with Crippen LogP contribution in [-0.4, -0.2) is 4.57 Å². The van der Waals surface area contributed by atoms with Gasteiger partial charge in [-0.25, -0.2) is 0 Å². The molecule has 0 spiro atoms. The Morgan fingerprint density at radius 1 is 0.484 bits per heavy atom. The van der Waals surface area contributed by atoms with Crippen LogP contribution in [0.25, 0.3) is 49.7 Å². The summed E-state index contributed by atoms with van der Waals surface area (Å²) in [4.78, 5) is 0. The quantitative estimate of drug-likeness (QED) is 0.290. The topological polar surface area (TPSA) is 4.93 Å². The highest BCUT2D eigenvalue weighted by Gasteiger charge is 2.13. The Kier molecular flexibility index (Phi) is 4.08. The van der Waals surface area contributed by atoms with Gasteiger partial charge in [-0.1, -0.05) is 78.9 Å². The van der Waals surface area contributed by atoms with E-state index in [9.17, 15) is 0 Å². The average molecular weight is 393 g/mol. The summed E-state index contributed by atoms with van der Waals surface area (Å²) >= 11 is 0. The van der Waals surface area contributed by atoms with Crippen LogP contribution in [0.15, 0.2) is 115 Å². The van der Waals surface area contributed by atoms with Crippen LogP contribution >= 0.6 is 0 Å². The third-order valence-corrected chi connectivity index (χ3v) is 5.90. The number of para-hydroxylation sites is 1.